The summed E-state index contributed by atoms with van der Waals surface area (Å²) in [7, 11) is 0. The molecule has 68 valence electrons. The van der Waals surface area contributed by atoms with Gasteiger partial charge in [-0.3, -0.25) is 4.98 Å². The summed E-state index contributed by atoms with van der Waals surface area (Å²) < 4.78 is 0. The Hall–Kier alpha value is -0.310. The fourth-order valence-corrected chi connectivity index (χ4v) is 0.911. The van der Waals surface area contributed by atoms with E-state index in [0.717, 1.165) is 5.69 Å². The molecule has 1 rings (SSSR count). The van der Waals surface area contributed by atoms with Crippen LogP contribution in [0.15, 0.2) is 18.3 Å². The molecule has 0 fully saturated rings. The van der Waals surface area contributed by atoms with Gasteiger partial charge in [-0.15, -0.1) is 12.4 Å². The lowest BCUT2D eigenvalue weighted by molar-refractivity contribution is 0.745. The van der Waals surface area contributed by atoms with Crippen molar-refractivity contribution in [3.63, 3.8) is 0 Å². The normalized spacial score (nSPS) is 11.9. The predicted molar refractivity (Wildman–Crippen MR) is 54.0 cm³/mol. The monoisotopic (exact) mass is 206 g/mol. The largest absolute Gasteiger partial charge is 0.330 e. The van der Waals surface area contributed by atoms with Crippen LogP contribution in [0.2, 0.25) is 5.02 Å². The summed E-state index contributed by atoms with van der Waals surface area (Å²) in [4.78, 5) is 4.14. The Kier molecular flexibility index (Phi) is 5.22. The van der Waals surface area contributed by atoms with Crippen LogP contribution < -0.4 is 5.73 Å². The highest BCUT2D eigenvalue weighted by molar-refractivity contribution is 6.30. The van der Waals surface area contributed by atoms with Crippen molar-refractivity contribution in [2.45, 2.75) is 12.8 Å². The molecule has 0 amide bonds. The first-order valence-corrected chi connectivity index (χ1v) is 3.93. The van der Waals surface area contributed by atoms with Gasteiger partial charge in [0.05, 0.1) is 5.02 Å². The molecule has 2 N–H and O–H groups in total. The first kappa shape index (κ1) is 11.7. The molecular formula is C8H12Cl2N2. The minimum Gasteiger partial charge on any atom is -0.330 e. The maximum atomic E-state index is 5.67. The average Bonchev–Trinajstić information content (AvgIpc) is 2.05. The van der Waals surface area contributed by atoms with E-state index in [1.54, 1.807) is 6.20 Å². The highest BCUT2D eigenvalue weighted by atomic mass is 35.5. The zero-order chi connectivity index (χ0) is 8.27. The molecule has 1 atom stereocenters. The van der Waals surface area contributed by atoms with Crippen molar-refractivity contribution >= 4 is 24.0 Å². The molecule has 0 radical (unpaired) electrons. The fraction of sp³-hybridized carbons (Fsp3) is 0.375. The van der Waals surface area contributed by atoms with Crippen LogP contribution in [0, 0.1) is 0 Å². The van der Waals surface area contributed by atoms with Gasteiger partial charge < -0.3 is 5.73 Å². The molecule has 0 aliphatic carbocycles. The maximum Gasteiger partial charge on any atom is 0.0589 e. The summed E-state index contributed by atoms with van der Waals surface area (Å²) in [6, 6.07) is 3.73. The molecule has 2 nitrogen and oxygen atoms in total. The van der Waals surface area contributed by atoms with E-state index in [1.807, 2.05) is 19.1 Å². The van der Waals surface area contributed by atoms with E-state index in [-0.39, 0.29) is 12.4 Å². The summed E-state index contributed by atoms with van der Waals surface area (Å²) in [6.07, 6.45) is 1.64. The standard InChI is InChI=1S/C8H11ClN2.ClH/c1-6(4-10)8-3-2-7(9)5-11-8;/h2-3,5-6H,4,10H2,1H3;1H. The van der Waals surface area contributed by atoms with Crippen molar-refractivity contribution in [2.24, 2.45) is 5.73 Å². The van der Waals surface area contributed by atoms with Gasteiger partial charge in [0.1, 0.15) is 0 Å². The van der Waals surface area contributed by atoms with Crippen molar-refractivity contribution in [1.29, 1.82) is 0 Å². The minimum atomic E-state index is 0. The molecule has 1 aromatic rings. The Bertz CT molecular complexity index is 223. The highest BCUT2D eigenvalue weighted by Crippen LogP contribution is 2.13. The van der Waals surface area contributed by atoms with Crippen LogP contribution >= 0.6 is 24.0 Å². The molecule has 0 saturated heterocycles. The maximum absolute atomic E-state index is 5.67. The lowest BCUT2D eigenvalue weighted by atomic mass is 10.1. The second kappa shape index (κ2) is 5.36. The van der Waals surface area contributed by atoms with Crippen LogP contribution in [0.3, 0.4) is 0 Å². The molecule has 4 heteroatoms. The summed E-state index contributed by atoms with van der Waals surface area (Å²) in [6.45, 7) is 2.66. The lowest BCUT2D eigenvalue weighted by Crippen LogP contribution is -2.09. The van der Waals surface area contributed by atoms with Crippen LogP contribution in [0.5, 0.6) is 0 Å². The number of nitrogens with zero attached hydrogens (tertiary/aromatic N) is 1. The molecule has 1 aromatic heterocycles. The fourth-order valence-electron chi connectivity index (χ4n) is 0.800. The molecule has 1 heterocycles. The zero-order valence-corrected chi connectivity index (χ0v) is 8.40. The van der Waals surface area contributed by atoms with E-state index in [1.165, 1.54) is 0 Å². The first-order chi connectivity index (χ1) is 5.24. The number of aromatic nitrogens is 1. The van der Waals surface area contributed by atoms with Crippen molar-refractivity contribution in [1.82, 2.24) is 4.98 Å². The second-order valence-electron chi connectivity index (χ2n) is 2.54. The number of hydrogen-bond donors (Lipinski definition) is 1. The Morgan fingerprint density at radius 1 is 1.58 bits per heavy atom. The third kappa shape index (κ3) is 2.97. The molecule has 0 aliphatic heterocycles. The first-order valence-electron chi connectivity index (χ1n) is 3.55. The van der Waals surface area contributed by atoms with E-state index in [2.05, 4.69) is 4.98 Å². The minimum absolute atomic E-state index is 0. The van der Waals surface area contributed by atoms with Gasteiger partial charge in [-0.2, -0.15) is 0 Å². The summed E-state index contributed by atoms with van der Waals surface area (Å²) >= 11 is 5.67. The van der Waals surface area contributed by atoms with Gasteiger partial charge >= 0.3 is 0 Å². The SMILES string of the molecule is CC(CN)c1ccc(Cl)cn1.Cl. The van der Waals surface area contributed by atoms with Gasteiger partial charge in [-0.05, 0) is 12.1 Å². The van der Waals surface area contributed by atoms with Gasteiger partial charge in [-0.25, -0.2) is 0 Å². The number of rotatable bonds is 2. The van der Waals surface area contributed by atoms with E-state index in [0.29, 0.717) is 17.5 Å². The highest BCUT2D eigenvalue weighted by Gasteiger charge is 2.02. The second-order valence-corrected chi connectivity index (χ2v) is 2.97. The van der Waals surface area contributed by atoms with E-state index in [4.69, 9.17) is 17.3 Å². The topological polar surface area (TPSA) is 38.9 Å². The molecule has 0 spiro atoms. The van der Waals surface area contributed by atoms with E-state index < -0.39 is 0 Å². The molecule has 0 bridgehead atoms. The van der Waals surface area contributed by atoms with Gasteiger partial charge in [0.15, 0.2) is 0 Å². The van der Waals surface area contributed by atoms with Crippen LogP contribution in [0.25, 0.3) is 0 Å². The third-order valence-electron chi connectivity index (χ3n) is 1.61. The molecule has 12 heavy (non-hydrogen) atoms. The number of hydrogen-bond acceptors (Lipinski definition) is 2. The molecule has 0 aromatic carbocycles. The number of pyridine rings is 1. The van der Waals surface area contributed by atoms with Gasteiger partial charge in [-0.1, -0.05) is 18.5 Å². The van der Waals surface area contributed by atoms with Crippen LogP contribution in [-0.2, 0) is 0 Å². The molecular weight excluding hydrogens is 195 g/mol. The Balaban J connectivity index is 0.00000121. The predicted octanol–water partition coefficient (Wildman–Crippen LogP) is 2.22. The molecule has 1 unspecified atom stereocenters. The molecule has 0 aliphatic rings. The Labute approximate surface area is 83.5 Å². The summed E-state index contributed by atoms with van der Waals surface area (Å²) in [5.41, 5.74) is 6.47. The van der Waals surface area contributed by atoms with Crippen LogP contribution in [0.1, 0.15) is 18.5 Å². The van der Waals surface area contributed by atoms with E-state index >= 15 is 0 Å². The van der Waals surface area contributed by atoms with Gasteiger partial charge in [0, 0.05) is 24.4 Å². The van der Waals surface area contributed by atoms with Crippen LogP contribution in [-0.4, -0.2) is 11.5 Å². The Morgan fingerprint density at radius 3 is 2.67 bits per heavy atom. The van der Waals surface area contributed by atoms with Gasteiger partial charge in [0.25, 0.3) is 0 Å². The number of halogens is 2. The van der Waals surface area contributed by atoms with Crippen molar-refractivity contribution < 1.29 is 0 Å². The zero-order valence-electron chi connectivity index (χ0n) is 6.83. The van der Waals surface area contributed by atoms with Gasteiger partial charge in [0.2, 0.25) is 0 Å². The quantitative estimate of drug-likeness (QED) is 0.807. The molecule has 0 saturated carbocycles. The third-order valence-corrected chi connectivity index (χ3v) is 1.83. The van der Waals surface area contributed by atoms with Crippen molar-refractivity contribution in [3.8, 4) is 0 Å². The number of nitrogens with two attached hydrogens (primary N) is 1. The lowest BCUT2D eigenvalue weighted by Gasteiger charge is -2.06. The summed E-state index contributed by atoms with van der Waals surface area (Å²) in [5.74, 6) is 0.312. The van der Waals surface area contributed by atoms with Crippen LogP contribution in [0.4, 0.5) is 0 Å². The average molecular weight is 207 g/mol. The smallest absolute Gasteiger partial charge is 0.0589 e. The van der Waals surface area contributed by atoms with Crippen molar-refractivity contribution in [3.05, 3.63) is 29.0 Å². The Morgan fingerprint density at radius 2 is 2.25 bits per heavy atom. The summed E-state index contributed by atoms with van der Waals surface area (Å²) in [5, 5.41) is 0.665. The van der Waals surface area contributed by atoms with E-state index in [9.17, 15) is 0 Å². The van der Waals surface area contributed by atoms with Crippen molar-refractivity contribution in [2.75, 3.05) is 6.54 Å².